The first-order valence-corrected chi connectivity index (χ1v) is 13.6. The minimum absolute atomic E-state index is 0.116. The van der Waals surface area contributed by atoms with Crippen molar-refractivity contribution in [2.45, 2.75) is 111 Å². The molecule has 1 N–H and O–H groups in total. The third-order valence-corrected chi connectivity index (χ3v) is 7.71. The maximum atomic E-state index is 13.5. The van der Waals surface area contributed by atoms with Crippen molar-refractivity contribution >= 4 is 11.9 Å². The maximum Gasteiger partial charge on any atom is 0.189 e. The molecule has 0 aliphatic rings. The average Bonchev–Trinajstić information content (AvgIpc) is 2.86. The molecule has 2 heteroatoms. The van der Waals surface area contributed by atoms with Crippen molar-refractivity contribution in [3.05, 3.63) is 69.8 Å². The Hall–Kier alpha value is -2.35. The van der Waals surface area contributed by atoms with Gasteiger partial charge in [-0.15, -0.1) is 0 Å². The van der Waals surface area contributed by atoms with E-state index in [9.17, 15) is 9.90 Å². The standard InChI is InChI=1S/C32H46O2/c1-8-22-15-17-28(24(11-4)12-5)26(19-22)16-18-31(33)30-21-27(23(9-2)10-3)20-29(32(30)34)25(13-6)14-7/h15-21,23-25,34H,8-14H2,1-7H3/b18-16+. The van der Waals surface area contributed by atoms with E-state index in [4.69, 9.17) is 0 Å². The molecule has 0 radical (unpaired) electrons. The SMILES string of the molecule is CCc1ccc(C(CC)CC)c(/C=C/C(=O)c2cc(C(CC)CC)cc(C(CC)CC)c2O)c1. The lowest BCUT2D eigenvalue weighted by Gasteiger charge is -2.21. The Balaban J connectivity index is 2.57. The number of benzene rings is 2. The molecule has 2 aromatic carbocycles. The van der Waals surface area contributed by atoms with Gasteiger partial charge in [-0.1, -0.05) is 78.8 Å². The molecule has 186 valence electrons. The summed E-state index contributed by atoms with van der Waals surface area (Å²) in [7, 11) is 0. The van der Waals surface area contributed by atoms with Crippen molar-refractivity contribution in [3.63, 3.8) is 0 Å². The summed E-state index contributed by atoms with van der Waals surface area (Å²) in [6.07, 6.45) is 10.7. The second-order valence-electron chi connectivity index (χ2n) is 9.56. The highest BCUT2D eigenvalue weighted by Gasteiger charge is 2.22. The molecule has 0 unspecified atom stereocenters. The molecule has 2 nitrogen and oxygen atoms in total. The summed E-state index contributed by atoms with van der Waals surface area (Å²) < 4.78 is 0. The third kappa shape index (κ3) is 6.40. The van der Waals surface area contributed by atoms with Gasteiger partial charge in [0.25, 0.3) is 0 Å². The highest BCUT2D eigenvalue weighted by molar-refractivity contribution is 6.09. The van der Waals surface area contributed by atoms with Gasteiger partial charge in [-0.25, -0.2) is 0 Å². The van der Waals surface area contributed by atoms with Crippen molar-refractivity contribution in [2.24, 2.45) is 0 Å². The minimum atomic E-state index is -0.116. The first-order chi connectivity index (χ1) is 16.4. The number of aromatic hydroxyl groups is 1. The van der Waals surface area contributed by atoms with Gasteiger partial charge in [0.05, 0.1) is 5.56 Å². The predicted molar refractivity (Wildman–Crippen MR) is 147 cm³/mol. The second kappa shape index (κ2) is 13.5. The largest absolute Gasteiger partial charge is 0.507 e. The van der Waals surface area contributed by atoms with E-state index in [1.54, 1.807) is 6.08 Å². The summed E-state index contributed by atoms with van der Waals surface area (Å²) in [5, 5.41) is 11.2. The van der Waals surface area contributed by atoms with Crippen molar-refractivity contribution in [1.29, 1.82) is 0 Å². The quantitative estimate of drug-likeness (QED) is 0.238. The van der Waals surface area contributed by atoms with Crippen molar-refractivity contribution < 1.29 is 9.90 Å². The lowest BCUT2D eigenvalue weighted by molar-refractivity contribution is 0.104. The van der Waals surface area contributed by atoms with Gasteiger partial charge in [0.2, 0.25) is 0 Å². The fourth-order valence-electron chi connectivity index (χ4n) is 5.25. The van der Waals surface area contributed by atoms with E-state index in [-0.39, 0.29) is 17.5 Å². The van der Waals surface area contributed by atoms with Gasteiger partial charge >= 0.3 is 0 Å². The first-order valence-electron chi connectivity index (χ1n) is 13.6. The van der Waals surface area contributed by atoms with Gasteiger partial charge in [0.15, 0.2) is 5.78 Å². The second-order valence-corrected chi connectivity index (χ2v) is 9.56. The molecule has 34 heavy (non-hydrogen) atoms. The Morgan fingerprint density at radius 3 is 1.85 bits per heavy atom. The summed E-state index contributed by atoms with van der Waals surface area (Å²) >= 11 is 0. The van der Waals surface area contributed by atoms with Crippen molar-refractivity contribution in [1.82, 2.24) is 0 Å². The van der Waals surface area contributed by atoms with E-state index in [1.165, 1.54) is 16.7 Å². The Bertz CT molecular complexity index is 957. The number of ketones is 1. The molecule has 0 aliphatic carbocycles. The summed E-state index contributed by atoms with van der Waals surface area (Å²) in [5.41, 5.74) is 6.25. The van der Waals surface area contributed by atoms with Gasteiger partial charge in [0.1, 0.15) is 5.75 Å². The monoisotopic (exact) mass is 462 g/mol. The molecule has 2 aromatic rings. The number of carbonyl (C=O) groups is 1. The fourth-order valence-corrected chi connectivity index (χ4v) is 5.25. The average molecular weight is 463 g/mol. The van der Waals surface area contributed by atoms with Crippen LogP contribution in [0.15, 0.2) is 36.4 Å². The van der Waals surface area contributed by atoms with Crippen LogP contribution in [0.1, 0.15) is 143 Å². The first kappa shape index (κ1) is 27.9. The van der Waals surface area contributed by atoms with Gasteiger partial charge in [-0.3, -0.25) is 4.79 Å². The molecule has 0 bridgehead atoms. The Morgan fingerprint density at radius 1 is 0.765 bits per heavy atom. The van der Waals surface area contributed by atoms with Gasteiger partial charge in [0, 0.05) is 0 Å². The minimum Gasteiger partial charge on any atom is -0.507 e. The smallest absolute Gasteiger partial charge is 0.189 e. The number of phenolic OH excluding ortho intramolecular Hbond substituents is 1. The van der Waals surface area contributed by atoms with Gasteiger partial charge < -0.3 is 5.11 Å². The lowest BCUT2D eigenvalue weighted by atomic mass is 9.84. The van der Waals surface area contributed by atoms with Gasteiger partial charge in [-0.05, 0) is 103 Å². The number of aryl methyl sites for hydroxylation is 1. The molecule has 0 saturated heterocycles. The number of hydrogen-bond donors (Lipinski definition) is 1. The Labute approximate surface area is 208 Å². The van der Waals surface area contributed by atoms with E-state index in [0.29, 0.717) is 17.4 Å². The van der Waals surface area contributed by atoms with Crippen LogP contribution in [-0.4, -0.2) is 10.9 Å². The van der Waals surface area contributed by atoms with E-state index in [0.717, 1.165) is 56.1 Å². The zero-order chi connectivity index (χ0) is 25.3. The summed E-state index contributed by atoms with van der Waals surface area (Å²) in [5.74, 6) is 1.18. The molecule has 0 fully saturated rings. The topological polar surface area (TPSA) is 37.3 Å². The van der Waals surface area contributed by atoms with Crippen molar-refractivity contribution in [2.75, 3.05) is 0 Å². The number of hydrogen-bond acceptors (Lipinski definition) is 2. The molecule has 0 aliphatic heterocycles. The van der Waals surface area contributed by atoms with Gasteiger partial charge in [-0.2, -0.15) is 0 Å². The molecular weight excluding hydrogens is 416 g/mol. The fraction of sp³-hybridized carbons (Fsp3) is 0.531. The molecule has 2 rings (SSSR count). The van der Waals surface area contributed by atoms with Crippen LogP contribution in [0.25, 0.3) is 6.08 Å². The summed E-state index contributed by atoms with van der Waals surface area (Å²) in [6.45, 7) is 15.3. The van der Waals surface area contributed by atoms with Crippen molar-refractivity contribution in [3.8, 4) is 5.75 Å². The molecule has 0 heterocycles. The maximum absolute atomic E-state index is 13.5. The van der Waals surface area contributed by atoms with Crippen LogP contribution in [0, 0.1) is 0 Å². The van der Waals surface area contributed by atoms with Crippen LogP contribution in [0.4, 0.5) is 0 Å². The Kier molecular flexibility index (Phi) is 11.1. The number of rotatable bonds is 13. The summed E-state index contributed by atoms with van der Waals surface area (Å²) in [4.78, 5) is 13.5. The molecule has 0 spiro atoms. The summed E-state index contributed by atoms with van der Waals surface area (Å²) in [6, 6.07) is 10.8. The van der Waals surface area contributed by atoms with Crippen LogP contribution in [-0.2, 0) is 6.42 Å². The predicted octanol–water partition coefficient (Wildman–Crippen LogP) is 9.56. The van der Waals surface area contributed by atoms with E-state index in [2.05, 4.69) is 72.7 Å². The van der Waals surface area contributed by atoms with E-state index in [1.807, 2.05) is 12.1 Å². The zero-order valence-electron chi connectivity index (χ0n) is 22.6. The molecule has 0 saturated carbocycles. The highest BCUT2D eigenvalue weighted by atomic mass is 16.3. The van der Waals surface area contributed by atoms with Crippen LogP contribution in [0.5, 0.6) is 5.75 Å². The zero-order valence-corrected chi connectivity index (χ0v) is 22.6. The molecular formula is C32H46O2. The van der Waals surface area contributed by atoms with E-state index >= 15 is 0 Å². The molecule has 0 aromatic heterocycles. The highest BCUT2D eigenvalue weighted by Crippen LogP contribution is 2.38. The van der Waals surface area contributed by atoms with E-state index < -0.39 is 0 Å². The third-order valence-electron chi connectivity index (χ3n) is 7.71. The lowest BCUT2D eigenvalue weighted by Crippen LogP contribution is -2.06. The Morgan fingerprint density at radius 2 is 1.32 bits per heavy atom. The van der Waals surface area contributed by atoms with Crippen LogP contribution in [0.3, 0.4) is 0 Å². The molecule has 0 atom stereocenters. The molecule has 0 amide bonds. The number of carbonyl (C=O) groups excluding carboxylic acids is 1. The van der Waals surface area contributed by atoms with Crippen LogP contribution >= 0.6 is 0 Å². The van der Waals surface area contributed by atoms with Crippen LogP contribution in [0.2, 0.25) is 0 Å². The van der Waals surface area contributed by atoms with Crippen LogP contribution < -0.4 is 0 Å². The number of phenols is 1. The normalized spacial score (nSPS) is 11.9. The number of allylic oxidation sites excluding steroid dienone is 1.